The largest absolute Gasteiger partial charge is 0.495 e. The number of methoxy groups -OCH3 is 1. The van der Waals surface area contributed by atoms with Crippen molar-refractivity contribution >= 4 is 28.9 Å². The molecule has 0 amide bonds. The van der Waals surface area contributed by atoms with Gasteiger partial charge in [0.2, 0.25) is 0 Å². The van der Waals surface area contributed by atoms with Gasteiger partial charge in [0.25, 0.3) is 0 Å². The molecule has 0 fully saturated rings. The Morgan fingerprint density at radius 2 is 1.92 bits per heavy atom. The summed E-state index contributed by atoms with van der Waals surface area (Å²) < 4.78 is 10.7. The lowest BCUT2D eigenvalue weighted by molar-refractivity contribution is 0.218. The van der Waals surface area contributed by atoms with Gasteiger partial charge in [0.05, 0.1) is 24.4 Å². The lowest BCUT2D eigenvalue weighted by Crippen LogP contribution is -2.08. The number of anilines is 1. The van der Waals surface area contributed by atoms with Crippen LogP contribution in [0.2, 0.25) is 10.0 Å². The maximum Gasteiger partial charge on any atom is 0.144 e. The topological polar surface area (TPSA) is 84.9 Å². The molecule has 5 nitrogen and oxygen atoms in total. The Hall–Kier alpha value is -1.66. The van der Waals surface area contributed by atoms with Gasteiger partial charge in [0.15, 0.2) is 0 Å². The minimum Gasteiger partial charge on any atom is -0.495 e. The monoisotopic (exact) mass is 371 g/mol. The van der Waals surface area contributed by atoms with E-state index >= 15 is 0 Å². The second kappa shape index (κ2) is 8.44. The summed E-state index contributed by atoms with van der Waals surface area (Å²) in [6, 6.07) is 8.24. The van der Waals surface area contributed by atoms with E-state index < -0.39 is 6.10 Å². The van der Waals surface area contributed by atoms with Crippen molar-refractivity contribution in [2.75, 3.05) is 26.1 Å². The predicted octanol–water partition coefficient (Wildman–Crippen LogP) is 3.43. The normalized spacial score (nSPS) is 12.0. The number of hydrogen-bond donors (Lipinski definition) is 3. The van der Waals surface area contributed by atoms with Crippen LogP contribution in [0.3, 0.4) is 0 Å². The van der Waals surface area contributed by atoms with Gasteiger partial charge in [-0.2, -0.15) is 0 Å². The minimum atomic E-state index is -1.09. The number of halogens is 2. The van der Waals surface area contributed by atoms with Gasteiger partial charge in [0, 0.05) is 35.2 Å². The minimum absolute atomic E-state index is 0.00930. The van der Waals surface area contributed by atoms with E-state index in [-0.39, 0.29) is 18.9 Å². The van der Waals surface area contributed by atoms with Crippen LogP contribution in [0.5, 0.6) is 11.5 Å². The highest BCUT2D eigenvalue weighted by Crippen LogP contribution is 2.40. The molecule has 0 spiro atoms. The molecule has 1 atom stereocenters. The molecule has 0 bridgehead atoms. The average Bonchev–Trinajstić information content (AvgIpc) is 2.57. The molecule has 0 aromatic heterocycles. The Morgan fingerprint density at radius 3 is 2.58 bits per heavy atom. The van der Waals surface area contributed by atoms with Crippen molar-refractivity contribution in [2.24, 2.45) is 0 Å². The zero-order valence-corrected chi connectivity index (χ0v) is 14.6. The van der Waals surface area contributed by atoms with Crippen molar-refractivity contribution in [1.29, 1.82) is 0 Å². The van der Waals surface area contributed by atoms with Gasteiger partial charge in [-0.25, -0.2) is 0 Å². The molecule has 1 unspecified atom stereocenters. The van der Waals surface area contributed by atoms with E-state index in [0.29, 0.717) is 39.1 Å². The molecule has 7 heteroatoms. The fourth-order valence-corrected chi connectivity index (χ4v) is 2.79. The van der Waals surface area contributed by atoms with Crippen molar-refractivity contribution in [3.8, 4) is 11.5 Å². The second-order valence-electron chi connectivity index (χ2n) is 5.10. The molecule has 0 aliphatic heterocycles. The number of aliphatic hydroxyl groups excluding tert-OH is 2. The first kappa shape index (κ1) is 18.7. The van der Waals surface area contributed by atoms with E-state index in [2.05, 4.69) is 0 Å². The molecule has 0 radical (unpaired) electrons. The third-order valence-corrected chi connectivity index (χ3v) is 4.12. The van der Waals surface area contributed by atoms with Crippen LogP contribution in [-0.2, 0) is 0 Å². The summed E-state index contributed by atoms with van der Waals surface area (Å²) in [5.74, 6) is 0.803. The lowest BCUT2D eigenvalue weighted by atomic mass is 9.99. The molecule has 2 rings (SSSR count). The van der Waals surface area contributed by atoms with Crippen molar-refractivity contribution < 1.29 is 19.7 Å². The molecule has 0 aliphatic rings. The molecule has 130 valence electrons. The van der Waals surface area contributed by atoms with Gasteiger partial charge in [-0.1, -0.05) is 35.3 Å². The molecule has 0 heterocycles. The maximum atomic E-state index is 10.7. The van der Waals surface area contributed by atoms with E-state index in [4.69, 9.17) is 43.5 Å². The summed E-state index contributed by atoms with van der Waals surface area (Å²) in [4.78, 5) is 0. The molecular weight excluding hydrogens is 353 g/mol. The van der Waals surface area contributed by atoms with Crippen molar-refractivity contribution in [3.63, 3.8) is 0 Å². The smallest absolute Gasteiger partial charge is 0.144 e. The molecule has 4 N–H and O–H groups in total. The number of nitrogen functional groups attached to an aromatic ring is 1. The van der Waals surface area contributed by atoms with Gasteiger partial charge in [-0.3, -0.25) is 0 Å². The van der Waals surface area contributed by atoms with E-state index in [9.17, 15) is 5.11 Å². The summed E-state index contributed by atoms with van der Waals surface area (Å²) in [7, 11) is 1.50. The zero-order valence-electron chi connectivity index (χ0n) is 13.1. The van der Waals surface area contributed by atoms with Gasteiger partial charge in [0.1, 0.15) is 17.6 Å². The Bertz CT molecular complexity index is 709. The SMILES string of the molecule is COc1cccc(C(O)c2cc(Cl)cc(OCCCO)c2N)c1Cl. The maximum absolute atomic E-state index is 10.7. The molecule has 2 aromatic rings. The molecule has 0 aliphatic carbocycles. The Kier molecular flexibility index (Phi) is 6.57. The second-order valence-corrected chi connectivity index (χ2v) is 5.91. The first-order valence-corrected chi connectivity index (χ1v) is 8.08. The summed E-state index contributed by atoms with van der Waals surface area (Å²) in [5.41, 5.74) is 7.22. The van der Waals surface area contributed by atoms with E-state index in [1.54, 1.807) is 30.3 Å². The van der Waals surface area contributed by atoms with Crippen LogP contribution in [0.4, 0.5) is 5.69 Å². The Morgan fingerprint density at radius 1 is 1.17 bits per heavy atom. The van der Waals surface area contributed by atoms with Crippen LogP contribution >= 0.6 is 23.2 Å². The summed E-state index contributed by atoms with van der Waals surface area (Å²) in [6.07, 6.45) is -0.627. The average molecular weight is 372 g/mol. The van der Waals surface area contributed by atoms with Crippen LogP contribution < -0.4 is 15.2 Å². The molecule has 2 aromatic carbocycles. The number of aliphatic hydroxyl groups is 2. The van der Waals surface area contributed by atoms with Crippen molar-refractivity contribution in [3.05, 3.63) is 51.5 Å². The molecule has 0 saturated carbocycles. The van der Waals surface area contributed by atoms with Gasteiger partial charge in [-0.05, 0) is 12.1 Å². The number of ether oxygens (including phenoxy) is 2. The number of hydrogen-bond acceptors (Lipinski definition) is 5. The summed E-state index contributed by atoms with van der Waals surface area (Å²) in [5, 5.41) is 20.2. The van der Waals surface area contributed by atoms with Crippen LogP contribution in [0.15, 0.2) is 30.3 Å². The van der Waals surface area contributed by atoms with Gasteiger partial charge < -0.3 is 25.4 Å². The quantitative estimate of drug-likeness (QED) is 0.512. The summed E-state index contributed by atoms with van der Waals surface area (Å²) >= 11 is 12.4. The van der Waals surface area contributed by atoms with E-state index in [0.717, 1.165) is 0 Å². The highest BCUT2D eigenvalue weighted by Gasteiger charge is 2.21. The standard InChI is InChI=1S/C17H19Cl2NO4/c1-23-13-5-2-4-11(15(13)19)17(22)12-8-10(18)9-14(16(12)20)24-7-3-6-21/h2,4-5,8-9,17,21-22H,3,6-7,20H2,1H3. The van der Waals surface area contributed by atoms with Crippen LogP contribution in [-0.4, -0.2) is 30.5 Å². The van der Waals surface area contributed by atoms with E-state index in [1.165, 1.54) is 7.11 Å². The first-order chi connectivity index (χ1) is 11.5. The van der Waals surface area contributed by atoms with Crippen molar-refractivity contribution in [1.82, 2.24) is 0 Å². The third-order valence-electron chi connectivity index (χ3n) is 3.50. The number of benzene rings is 2. The lowest BCUT2D eigenvalue weighted by Gasteiger charge is -2.19. The highest BCUT2D eigenvalue weighted by atomic mass is 35.5. The van der Waals surface area contributed by atoms with Gasteiger partial charge >= 0.3 is 0 Å². The predicted molar refractivity (Wildman–Crippen MR) is 95.1 cm³/mol. The van der Waals surface area contributed by atoms with Crippen LogP contribution in [0.25, 0.3) is 0 Å². The van der Waals surface area contributed by atoms with E-state index in [1.807, 2.05) is 0 Å². The highest BCUT2D eigenvalue weighted by molar-refractivity contribution is 6.33. The van der Waals surface area contributed by atoms with Crippen LogP contribution in [0.1, 0.15) is 23.7 Å². The Balaban J connectivity index is 2.40. The van der Waals surface area contributed by atoms with Gasteiger partial charge in [-0.15, -0.1) is 0 Å². The zero-order chi connectivity index (χ0) is 17.7. The first-order valence-electron chi connectivity index (χ1n) is 7.32. The third kappa shape index (κ3) is 4.05. The fraction of sp³-hybridized carbons (Fsp3) is 0.294. The Labute approximate surface area is 150 Å². The number of nitrogens with two attached hydrogens (primary N) is 1. The fourth-order valence-electron chi connectivity index (χ4n) is 2.27. The molecular formula is C17H19Cl2NO4. The van der Waals surface area contributed by atoms with Crippen LogP contribution in [0, 0.1) is 0 Å². The molecule has 0 saturated heterocycles. The number of rotatable bonds is 7. The van der Waals surface area contributed by atoms with Crippen molar-refractivity contribution in [2.45, 2.75) is 12.5 Å². The molecule has 24 heavy (non-hydrogen) atoms. The summed E-state index contributed by atoms with van der Waals surface area (Å²) in [6.45, 7) is 0.297.